The van der Waals surface area contributed by atoms with E-state index >= 15 is 0 Å². The molecule has 0 bridgehead atoms. The van der Waals surface area contributed by atoms with Gasteiger partial charge in [0.25, 0.3) is 6.01 Å². The largest absolute Gasteiger partial charge is 0.461 e. The molecule has 4 atom stereocenters. The molecule has 3 N–H and O–H groups in total. The Morgan fingerprint density at radius 1 is 1.68 bits per heavy atom. The molecule has 3 rings (SSSR count). The summed E-state index contributed by atoms with van der Waals surface area (Å²) in [5.74, 6) is -0.0795. The number of hydrogen-bond donors (Lipinski definition) is 2. The lowest BCUT2D eigenvalue weighted by Crippen LogP contribution is -2.65. The first-order chi connectivity index (χ1) is 9.20. The highest BCUT2D eigenvalue weighted by molar-refractivity contribution is 5.87. The van der Waals surface area contributed by atoms with Crippen molar-refractivity contribution in [2.45, 2.75) is 31.5 Å². The van der Waals surface area contributed by atoms with E-state index in [1.165, 1.54) is 6.26 Å². The van der Waals surface area contributed by atoms with Crippen LogP contribution in [0.4, 0.5) is 6.01 Å². The summed E-state index contributed by atoms with van der Waals surface area (Å²) in [6.45, 7) is 2.79. The van der Waals surface area contributed by atoms with E-state index in [2.05, 4.69) is 10.3 Å². The number of hydrogen-bond acceptors (Lipinski definition) is 7. The molecule has 1 aliphatic heterocycles. The van der Waals surface area contributed by atoms with Gasteiger partial charge in [0.1, 0.15) is 6.26 Å². The number of rotatable bonds is 4. The first kappa shape index (κ1) is 12.4. The molecule has 0 aromatic carbocycles. The van der Waals surface area contributed by atoms with Gasteiger partial charge in [-0.1, -0.05) is 0 Å². The topological polar surface area (TPSA) is 99.6 Å². The molecule has 0 spiro atoms. The molecule has 2 aliphatic rings. The third-order valence-electron chi connectivity index (χ3n) is 3.73. The lowest BCUT2D eigenvalue weighted by Gasteiger charge is -2.45. The van der Waals surface area contributed by atoms with Gasteiger partial charge in [0.2, 0.25) is 0 Å². The SMILES string of the molecule is CCOC(=O)c1coc(NC2C(N)C3CCOC32)n1. The molecule has 19 heavy (non-hydrogen) atoms. The average Bonchev–Trinajstić information content (AvgIpc) is 3.03. The molecule has 0 amide bonds. The molecule has 2 fully saturated rings. The van der Waals surface area contributed by atoms with Crippen LogP contribution in [0.15, 0.2) is 10.7 Å². The van der Waals surface area contributed by atoms with Gasteiger partial charge >= 0.3 is 5.97 Å². The highest BCUT2D eigenvalue weighted by Crippen LogP contribution is 2.39. The minimum atomic E-state index is -0.493. The molecule has 7 nitrogen and oxygen atoms in total. The quantitative estimate of drug-likeness (QED) is 0.760. The summed E-state index contributed by atoms with van der Waals surface area (Å²) in [4.78, 5) is 15.5. The molecular weight excluding hydrogens is 250 g/mol. The lowest BCUT2D eigenvalue weighted by atomic mass is 9.72. The average molecular weight is 267 g/mol. The minimum absolute atomic E-state index is 0.0128. The van der Waals surface area contributed by atoms with Crippen LogP contribution < -0.4 is 11.1 Å². The fraction of sp³-hybridized carbons (Fsp3) is 0.667. The third kappa shape index (κ3) is 2.08. The maximum Gasteiger partial charge on any atom is 0.360 e. The van der Waals surface area contributed by atoms with Crippen LogP contribution in [0, 0.1) is 5.92 Å². The summed E-state index contributed by atoms with van der Waals surface area (Å²) in [5, 5.41) is 3.08. The number of carbonyl (C=O) groups is 1. The molecule has 104 valence electrons. The summed E-state index contributed by atoms with van der Waals surface area (Å²) < 4.78 is 15.6. The minimum Gasteiger partial charge on any atom is -0.461 e. The van der Waals surface area contributed by atoms with Gasteiger partial charge in [0, 0.05) is 18.6 Å². The summed E-state index contributed by atoms with van der Waals surface area (Å²) in [6.07, 6.45) is 2.40. The van der Waals surface area contributed by atoms with Crippen molar-refractivity contribution in [3.8, 4) is 0 Å². The van der Waals surface area contributed by atoms with Crippen LogP contribution >= 0.6 is 0 Å². The second kappa shape index (κ2) is 4.82. The van der Waals surface area contributed by atoms with Crippen molar-refractivity contribution in [3.05, 3.63) is 12.0 Å². The maximum atomic E-state index is 11.5. The number of anilines is 1. The van der Waals surface area contributed by atoms with E-state index < -0.39 is 5.97 Å². The molecule has 7 heteroatoms. The standard InChI is InChI=1S/C12H17N3O4/c1-2-17-11(16)7-5-19-12(14-7)15-9-8(13)6-3-4-18-10(6)9/h5-6,8-10H,2-4,13H2,1H3,(H,14,15). The van der Waals surface area contributed by atoms with Crippen molar-refractivity contribution in [3.63, 3.8) is 0 Å². The van der Waals surface area contributed by atoms with Gasteiger partial charge in [0.15, 0.2) is 5.69 Å². The van der Waals surface area contributed by atoms with E-state index in [-0.39, 0.29) is 29.9 Å². The smallest absolute Gasteiger partial charge is 0.360 e. The second-order valence-corrected chi connectivity index (χ2v) is 4.79. The molecule has 0 radical (unpaired) electrons. The molecule has 4 unspecified atom stereocenters. The second-order valence-electron chi connectivity index (χ2n) is 4.79. The van der Waals surface area contributed by atoms with Gasteiger partial charge in [0.05, 0.1) is 18.8 Å². The molecule has 2 heterocycles. The van der Waals surface area contributed by atoms with Crippen LogP contribution in [0.2, 0.25) is 0 Å². The van der Waals surface area contributed by atoms with E-state index in [0.717, 1.165) is 13.0 Å². The van der Waals surface area contributed by atoms with Gasteiger partial charge in [-0.25, -0.2) is 4.79 Å². The number of aromatic nitrogens is 1. The highest BCUT2D eigenvalue weighted by Gasteiger charge is 2.52. The Morgan fingerprint density at radius 2 is 2.53 bits per heavy atom. The number of nitrogens with one attached hydrogen (secondary N) is 1. The van der Waals surface area contributed by atoms with Gasteiger partial charge in [-0.2, -0.15) is 4.98 Å². The zero-order valence-corrected chi connectivity index (χ0v) is 10.7. The van der Waals surface area contributed by atoms with Crippen LogP contribution in [0.25, 0.3) is 0 Å². The molecule has 1 aromatic rings. The lowest BCUT2D eigenvalue weighted by molar-refractivity contribution is 0.00452. The highest BCUT2D eigenvalue weighted by atomic mass is 16.5. The summed E-state index contributed by atoms with van der Waals surface area (Å²) >= 11 is 0. The Morgan fingerprint density at radius 3 is 3.32 bits per heavy atom. The predicted molar refractivity (Wildman–Crippen MR) is 65.7 cm³/mol. The molecule has 1 saturated carbocycles. The van der Waals surface area contributed by atoms with Crippen LogP contribution in [-0.4, -0.2) is 42.4 Å². The number of fused-ring (bicyclic) bond motifs is 1. The van der Waals surface area contributed by atoms with E-state index in [1.807, 2.05) is 0 Å². The number of nitrogens with two attached hydrogens (primary N) is 1. The van der Waals surface area contributed by atoms with Crippen molar-refractivity contribution in [2.24, 2.45) is 11.7 Å². The van der Waals surface area contributed by atoms with E-state index in [4.69, 9.17) is 19.6 Å². The fourth-order valence-electron chi connectivity index (χ4n) is 2.71. The van der Waals surface area contributed by atoms with Crippen molar-refractivity contribution in [1.82, 2.24) is 4.98 Å². The van der Waals surface area contributed by atoms with Crippen molar-refractivity contribution < 1.29 is 18.7 Å². The van der Waals surface area contributed by atoms with Gasteiger partial charge in [-0.05, 0) is 13.3 Å². The van der Waals surface area contributed by atoms with Crippen molar-refractivity contribution in [1.29, 1.82) is 0 Å². The van der Waals surface area contributed by atoms with Crippen LogP contribution in [-0.2, 0) is 9.47 Å². The Balaban J connectivity index is 1.63. The third-order valence-corrected chi connectivity index (χ3v) is 3.73. The monoisotopic (exact) mass is 267 g/mol. The molecular formula is C12H17N3O4. The van der Waals surface area contributed by atoms with E-state index in [9.17, 15) is 4.79 Å². The number of ether oxygens (including phenoxy) is 2. The fourth-order valence-corrected chi connectivity index (χ4v) is 2.71. The zero-order valence-electron chi connectivity index (χ0n) is 10.7. The predicted octanol–water partition coefficient (Wildman–Crippen LogP) is 0.378. The first-order valence-corrected chi connectivity index (χ1v) is 6.47. The van der Waals surface area contributed by atoms with Gasteiger partial charge in [-0.15, -0.1) is 0 Å². The Kier molecular flexibility index (Phi) is 3.16. The Labute approximate surface area is 110 Å². The van der Waals surface area contributed by atoms with Crippen molar-refractivity contribution in [2.75, 3.05) is 18.5 Å². The van der Waals surface area contributed by atoms with Crippen molar-refractivity contribution >= 4 is 12.0 Å². The summed E-state index contributed by atoms with van der Waals surface area (Å²) in [7, 11) is 0. The summed E-state index contributed by atoms with van der Waals surface area (Å²) in [5.41, 5.74) is 6.22. The molecule has 1 saturated heterocycles. The normalized spacial score (nSPS) is 32.5. The van der Waals surface area contributed by atoms with E-state index in [1.54, 1.807) is 6.92 Å². The number of nitrogens with zero attached hydrogens (tertiary/aromatic N) is 1. The van der Waals surface area contributed by atoms with Crippen LogP contribution in [0.5, 0.6) is 0 Å². The molecule has 1 aliphatic carbocycles. The molecule has 1 aromatic heterocycles. The van der Waals surface area contributed by atoms with E-state index in [0.29, 0.717) is 12.5 Å². The Bertz CT molecular complexity index is 475. The number of esters is 1. The summed E-state index contributed by atoms with van der Waals surface area (Å²) in [6, 6.07) is 0.295. The van der Waals surface area contributed by atoms with Crippen LogP contribution in [0.3, 0.4) is 0 Å². The zero-order chi connectivity index (χ0) is 13.4. The maximum absolute atomic E-state index is 11.5. The van der Waals surface area contributed by atoms with Gasteiger partial charge in [-0.3, -0.25) is 0 Å². The first-order valence-electron chi connectivity index (χ1n) is 6.47. The number of oxazole rings is 1. The Hall–Kier alpha value is -1.60. The van der Waals surface area contributed by atoms with Crippen LogP contribution in [0.1, 0.15) is 23.8 Å². The van der Waals surface area contributed by atoms with Gasteiger partial charge < -0.3 is 24.9 Å². The number of carbonyl (C=O) groups excluding carboxylic acids is 1.